The lowest BCUT2D eigenvalue weighted by Gasteiger charge is -2.39. The largest absolute Gasteiger partial charge is 0.399 e. The standard InChI is InChI=1S/C30H33Cl4N3O4S/c1-36(42(39,40)25-18-23(31)17-24(32)19-25)20-29(35-41-2)26(21-8-9-27(33)28(34)16-21)10-13-37-14-11-30(38,12-15-37)22-6-4-3-5-7-22/h3-9,16-19,26,38H,10-15,20H2,1-2H3/b35-29-. The van der Waals surface area contributed by atoms with Crippen LogP contribution in [0.15, 0.2) is 76.8 Å². The molecule has 12 heteroatoms. The number of benzene rings is 3. The van der Waals surface area contributed by atoms with E-state index in [1.807, 2.05) is 36.4 Å². The summed E-state index contributed by atoms with van der Waals surface area (Å²) in [6.45, 7) is 2.04. The summed E-state index contributed by atoms with van der Waals surface area (Å²) >= 11 is 24.8. The highest BCUT2D eigenvalue weighted by Gasteiger charge is 2.34. The van der Waals surface area contributed by atoms with Crippen LogP contribution in [0.1, 0.15) is 36.3 Å². The molecule has 1 unspecified atom stereocenters. The number of piperidine rings is 1. The normalized spacial score (nSPS) is 16.9. The summed E-state index contributed by atoms with van der Waals surface area (Å²) in [5.41, 5.74) is 1.39. The molecule has 1 saturated heterocycles. The first-order valence-corrected chi connectivity index (χ1v) is 16.4. The number of oxime groups is 1. The van der Waals surface area contributed by atoms with Crippen molar-refractivity contribution in [3.05, 3.63) is 97.9 Å². The van der Waals surface area contributed by atoms with Gasteiger partial charge in [-0.1, -0.05) is 88.0 Å². The topological polar surface area (TPSA) is 82.4 Å². The van der Waals surface area contributed by atoms with Crippen molar-refractivity contribution in [3.8, 4) is 0 Å². The highest BCUT2D eigenvalue weighted by molar-refractivity contribution is 7.89. The maximum Gasteiger partial charge on any atom is 0.243 e. The van der Waals surface area contributed by atoms with Crippen molar-refractivity contribution >= 4 is 62.1 Å². The van der Waals surface area contributed by atoms with Gasteiger partial charge in [0.1, 0.15) is 7.11 Å². The monoisotopic (exact) mass is 671 g/mol. The lowest BCUT2D eigenvalue weighted by Crippen LogP contribution is -2.43. The Hall–Kier alpha value is -1.88. The van der Waals surface area contributed by atoms with Gasteiger partial charge in [0, 0.05) is 36.1 Å². The Labute approximate surface area is 267 Å². The van der Waals surface area contributed by atoms with E-state index in [4.69, 9.17) is 51.2 Å². The van der Waals surface area contributed by atoms with Crippen LogP contribution < -0.4 is 0 Å². The predicted octanol–water partition coefficient (Wildman–Crippen LogP) is 7.08. The fraction of sp³-hybridized carbons (Fsp3) is 0.367. The summed E-state index contributed by atoms with van der Waals surface area (Å²) in [4.78, 5) is 7.47. The number of rotatable bonds is 11. The minimum absolute atomic E-state index is 0.0235. The predicted molar refractivity (Wildman–Crippen MR) is 171 cm³/mol. The van der Waals surface area contributed by atoms with Gasteiger partial charge in [-0.05, 0) is 67.3 Å². The zero-order chi connectivity index (χ0) is 30.5. The second-order valence-corrected chi connectivity index (χ2v) is 14.1. The number of hydrogen-bond donors (Lipinski definition) is 1. The van der Waals surface area contributed by atoms with Crippen LogP contribution in [0.3, 0.4) is 0 Å². The summed E-state index contributed by atoms with van der Waals surface area (Å²) < 4.78 is 28.1. The molecule has 0 radical (unpaired) electrons. The van der Waals surface area contributed by atoms with Gasteiger partial charge in [0.25, 0.3) is 0 Å². The van der Waals surface area contributed by atoms with Crippen LogP contribution in [0, 0.1) is 0 Å². The van der Waals surface area contributed by atoms with Gasteiger partial charge in [-0.15, -0.1) is 0 Å². The summed E-state index contributed by atoms with van der Waals surface area (Å²) in [6, 6.07) is 19.3. The lowest BCUT2D eigenvalue weighted by molar-refractivity contribution is -0.0261. The minimum atomic E-state index is -3.96. The molecule has 1 aliphatic heterocycles. The van der Waals surface area contributed by atoms with Crippen molar-refractivity contribution in [1.29, 1.82) is 0 Å². The van der Waals surface area contributed by atoms with Crippen molar-refractivity contribution in [2.24, 2.45) is 5.16 Å². The average molecular weight is 673 g/mol. The van der Waals surface area contributed by atoms with Crippen LogP contribution in [0.2, 0.25) is 20.1 Å². The van der Waals surface area contributed by atoms with Gasteiger partial charge in [-0.25, -0.2) is 8.42 Å². The molecule has 3 aromatic carbocycles. The molecule has 0 aliphatic carbocycles. The van der Waals surface area contributed by atoms with E-state index in [2.05, 4.69) is 10.1 Å². The Kier molecular flexibility index (Phi) is 11.2. The summed E-state index contributed by atoms with van der Waals surface area (Å²) in [5.74, 6) is -0.338. The zero-order valence-electron chi connectivity index (χ0n) is 23.3. The maximum atomic E-state index is 13.5. The first-order chi connectivity index (χ1) is 19.9. The molecule has 1 fully saturated rings. The molecule has 0 spiro atoms. The molecular formula is C30H33Cl4N3O4S. The second kappa shape index (κ2) is 14.3. The molecule has 226 valence electrons. The van der Waals surface area contributed by atoms with Crippen LogP contribution >= 0.6 is 46.4 Å². The van der Waals surface area contributed by atoms with E-state index >= 15 is 0 Å². The quantitative estimate of drug-likeness (QED) is 0.174. The third-order valence-corrected chi connectivity index (χ3v) is 10.6. The summed E-state index contributed by atoms with van der Waals surface area (Å²) in [6.07, 6.45) is 1.81. The van der Waals surface area contributed by atoms with E-state index in [9.17, 15) is 13.5 Å². The maximum absolute atomic E-state index is 13.5. The molecule has 1 aliphatic rings. The van der Waals surface area contributed by atoms with Gasteiger partial charge < -0.3 is 14.8 Å². The van der Waals surface area contributed by atoms with Crippen molar-refractivity contribution in [3.63, 3.8) is 0 Å². The van der Waals surface area contributed by atoms with Crippen LogP contribution in [-0.2, 0) is 20.5 Å². The zero-order valence-corrected chi connectivity index (χ0v) is 27.2. The summed E-state index contributed by atoms with van der Waals surface area (Å²) in [5, 5.41) is 16.8. The SMILES string of the molecule is CO/N=C(/CN(C)S(=O)(=O)c1cc(Cl)cc(Cl)c1)C(CCN1CCC(O)(c2ccccc2)CC1)c1ccc(Cl)c(Cl)c1. The first kappa shape index (κ1) is 33.0. The number of halogens is 4. The van der Waals surface area contributed by atoms with Gasteiger partial charge in [0.05, 0.1) is 32.8 Å². The van der Waals surface area contributed by atoms with E-state index in [-0.39, 0.29) is 27.4 Å². The number of likely N-dealkylation sites (tertiary alicyclic amines) is 1. The highest BCUT2D eigenvalue weighted by Crippen LogP contribution is 2.34. The Morgan fingerprint density at radius 3 is 2.24 bits per heavy atom. The van der Waals surface area contributed by atoms with Crippen LogP contribution in [0.4, 0.5) is 0 Å². The smallest absolute Gasteiger partial charge is 0.243 e. The number of aliphatic hydroxyl groups is 1. The van der Waals surface area contributed by atoms with Gasteiger partial charge >= 0.3 is 0 Å². The van der Waals surface area contributed by atoms with E-state index in [0.29, 0.717) is 54.7 Å². The number of sulfonamides is 1. The third-order valence-electron chi connectivity index (χ3n) is 7.61. The Balaban J connectivity index is 1.55. The molecule has 1 atom stereocenters. The lowest BCUT2D eigenvalue weighted by atomic mass is 9.84. The Morgan fingerprint density at radius 2 is 1.64 bits per heavy atom. The van der Waals surface area contributed by atoms with Gasteiger partial charge in [-0.2, -0.15) is 4.31 Å². The molecule has 1 N–H and O–H groups in total. The van der Waals surface area contributed by atoms with Crippen molar-refractivity contribution in [2.75, 3.05) is 40.3 Å². The highest BCUT2D eigenvalue weighted by atomic mass is 35.5. The Bertz CT molecular complexity index is 1490. The van der Waals surface area contributed by atoms with Crippen molar-refractivity contribution in [2.45, 2.75) is 35.7 Å². The fourth-order valence-electron chi connectivity index (χ4n) is 5.24. The molecule has 0 saturated carbocycles. The third kappa shape index (κ3) is 7.98. The second-order valence-electron chi connectivity index (χ2n) is 10.4. The van der Waals surface area contributed by atoms with Gasteiger partial charge in [-0.3, -0.25) is 0 Å². The molecule has 0 aromatic heterocycles. The number of nitrogens with zero attached hydrogens (tertiary/aromatic N) is 3. The molecule has 0 amide bonds. The molecule has 4 rings (SSSR count). The van der Waals surface area contributed by atoms with Crippen LogP contribution in [-0.4, -0.2) is 68.8 Å². The van der Waals surface area contributed by atoms with Crippen LogP contribution in [0.25, 0.3) is 0 Å². The molecule has 42 heavy (non-hydrogen) atoms. The Morgan fingerprint density at radius 1 is 1.00 bits per heavy atom. The molecule has 1 heterocycles. The van der Waals surface area contributed by atoms with E-state index < -0.39 is 15.6 Å². The number of hydrogen-bond acceptors (Lipinski definition) is 6. The van der Waals surface area contributed by atoms with E-state index in [1.54, 1.807) is 12.1 Å². The van der Waals surface area contributed by atoms with Crippen molar-refractivity contribution in [1.82, 2.24) is 9.21 Å². The first-order valence-electron chi connectivity index (χ1n) is 13.4. The van der Waals surface area contributed by atoms with Gasteiger partial charge in [0.2, 0.25) is 10.0 Å². The molecule has 3 aromatic rings. The van der Waals surface area contributed by atoms with Gasteiger partial charge in [0.15, 0.2) is 0 Å². The minimum Gasteiger partial charge on any atom is -0.399 e. The molecule has 7 nitrogen and oxygen atoms in total. The average Bonchev–Trinajstić information content (AvgIpc) is 2.96. The fourth-order valence-corrected chi connectivity index (χ4v) is 7.42. The van der Waals surface area contributed by atoms with E-state index in [1.165, 1.54) is 36.7 Å². The van der Waals surface area contributed by atoms with Crippen LogP contribution in [0.5, 0.6) is 0 Å². The summed E-state index contributed by atoms with van der Waals surface area (Å²) in [7, 11) is -1.07. The van der Waals surface area contributed by atoms with Crippen molar-refractivity contribution < 1.29 is 18.4 Å². The molecular weight excluding hydrogens is 640 g/mol. The molecule has 0 bridgehead atoms. The van der Waals surface area contributed by atoms with E-state index in [0.717, 1.165) is 11.1 Å².